The molecule has 0 heterocycles. The molecule has 2 heteroatoms. The topological polar surface area (TPSA) is 3.24 Å². The summed E-state index contributed by atoms with van der Waals surface area (Å²) >= 11 is 3.58. The standard InChI is InChI=1S/C34H22BrN/c35-29-15-17-31(18-16-29)36(30-9-5-2-6-10-30)32-21-26-13-11-24-19-28(23-7-3-1-4-8-23)20-25-12-14-27(22-32)34(26)33(24)25/h1-22H. The fourth-order valence-corrected chi connectivity index (χ4v) is 5.63. The molecule has 7 rings (SSSR count). The van der Waals surface area contributed by atoms with E-state index in [0.29, 0.717) is 0 Å². The van der Waals surface area contributed by atoms with Crippen LogP contribution < -0.4 is 4.90 Å². The van der Waals surface area contributed by atoms with E-state index in [4.69, 9.17) is 0 Å². The number of para-hydroxylation sites is 1. The van der Waals surface area contributed by atoms with Gasteiger partial charge in [-0.15, -0.1) is 0 Å². The zero-order chi connectivity index (χ0) is 24.1. The fourth-order valence-electron chi connectivity index (χ4n) is 5.36. The van der Waals surface area contributed by atoms with Gasteiger partial charge in [-0.05, 0) is 104 Å². The lowest BCUT2D eigenvalue weighted by Crippen LogP contribution is -2.09. The summed E-state index contributed by atoms with van der Waals surface area (Å²) < 4.78 is 1.07. The Morgan fingerprint density at radius 1 is 0.389 bits per heavy atom. The van der Waals surface area contributed by atoms with Crippen LogP contribution in [0.3, 0.4) is 0 Å². The predicted molar refractivity (Wildman–Crippen MR) is 158 cm³/mol. The highest BCUT2D eigenvalue weighted by Gasteiger charge is 2.16. The van der Waals surface area contributed by atoms with Crippen molar-refractivity contribution < 1.29 is 0 Å². The molecule has 0 aromatic heterocycles. The molecule has 36 heavy (non-hydrogen) atoms. The van der Waals surface area contributed by atoms with E-state index in [2.05, 4.69) is 154 Å². The lowest BCUT2D eigenvalue weighted by molar-refractivity contribution is 1.29. The third-order valence-corrected chi connectivity index (χ3v) is 7.51. The number of hydrogen-bond acceptors (Lipinski definition) is 1. The maximum Gasteiger partial charge on any atom is 0.0473 e. The van der Waals surface area contributed by atoms with Gasteiger partial charge in [0.05, 0.1) is 0 Å². The van der Waals surface area contributed by atoms with Crippen LogP contribution in [-0.4, -0.2) is 0 Å². The zero-order valence-corrected chi connectivity index (χ0v) is 21.1. The van der Waals surface area contributed by atoms with Gasteiger partial charge < -0.3 is 4.90 Å². The minimum atomic E-state index is 1.07. The molecule has 0 radical (unpaired) electrons. The largest absolute Gasteiger partial charge is 0.310 e. The molecule has 0 amide bonds. The van der Waals surface area contributed by atoms with Gasteiger partial charge in [-0.25, -0.2) is 0 Å². The minimum absolute atomic E-state index is 1.07. The Morgan fingerprint density at radius 3 is 1.42 bits per heavy atom. The van der Waals surface area contributed by atoms with Crippen LogP contribution in [0.1, 0.15) is 0 Å². The first-order valence-electron chi connectivity index (χ1n) is 12.1. The predicted octanol–water partition coefficient (Wildman–Crippen LogP) is 10.5. The highest BCUT2D eigenvalue weighted by molar-refractivity contribution is 9.10. The number of hydrogen-bond donors (Lipinski definition) is 0. The van der Waals surface area contributed by atoms with Gasteiger partial charge in [-0.3, -0.25) is 0 Å². The number of benzene rings is 7. The van der Waals surface area contributed by atoms with E-state index < -0.39 is 0 Å². The van der Waals surface area contributed by atoms with E-state index in [1.165, 1.54) is 43.4 Å². The molecular formula is C34H22BrN. The third-order valence-electron chi connectivity index (χ3n) is 6.98. The van der Waals surface area contributed by atoms with Crippen LogP contribution in [0.25, 0.3) is 43.4 Å². The lowest BCUT2D eigenvalue weighted by Gasteiger charge is -2.26. The van der Waals surface area contributed by atoms with E-state index in [0.717, 1.165) is 21.5 Å². The van der Waals surface area contributed by atoms with Crippen molar-refractivity contribution in [3.05, 3.63) is 138 Å². The summed E-state index contributed by atoms with van der Waals surface area (Å²) in [5.41, 5.74) is 5.93. The summed E-state index contributed by atoms with van der Waals surface area (Å²) in [4.78, 5) is 2.33. The third kappa shape index (κ3) is 3.54. The second-order valence-corrected chi connectivity index (χ2v) is 10.1. The first kappa shape index (κ1) is 21.2. The number of rotatable bonds is 4. The second-order valence-electron chi connectivity index (χ2n) is 9.21. The number of anilines is 3. The van der Waals surface area contributed by atoms with Crippen molar-refractivity contribution in [1.82, 2.24) is 0 Å². The van der Waals surface area contributed by atoms with E-state index in [9.17, 15) is 0 Å². The number of nitrogens with zero attached hydrogens (tertiary/aromatic N) is 1. The molecule has 0 fully saturated rings. The van der Waals surface area contributed by atoms with Crippen molar-refractivity contribution in [3.8, 4) is 11.1 Å². The normalized spacial score (nSPS) is 11.5. The second kappa shape index (κ2) is 8.51. The van der Waals surface area contributed by atoms with E-state index in [-0.39, 0.29) is 0 Å². The highest BCUT2D eigenvalue weighted by atomic mass is 79.9. The maximum atomic E-state index is 3.58. The van der Waals surface area contributed by atoms with E-state index in [1.807, 2.05) is 0 Å². The molecule has 7 aromatic carbocycles. The molecule has 0 unspecified atom stereocenters. The molecule has 0 aliphatic carbocycles. The molecule has 0 spiro atoms. The van der Waals surface area contributed by atoms with Gasteiger partial charge in [0.25, 0.3) is 0 Å². The van der Waals surface area contributed by atoms with Crippen molar-refractivity contribution in [1.29, 1.82) is 0 Å². The summed E-state index contributed by atoms with van der Waals surface area (Å²) in [6, 6.07) is 48.1. The van der Waals surface area contributed by atoms with Crippen LogP contribution >= 0.6 is 15.9 Å². The monoisotopic (exact) mass is 523 g/mol. The summed E-state index contributed by atoms with van der Waals surface area (Å²) in [7, 11) is 0. The van der Waals surface area contributed by atoms with E-state index >= 15 is 0 Å². The molecule has 1 nitrogen and oxygen atoms in total. The average molecular weight is 524 g/mol. The molecule has 0 atom stereocenters. The van der Waals surface area contributed by atoms with Crippen LogP contribution in [0.4, 0.5) is 17.1 Å². The Bertz CT molecular complexity index is 1760. The summed E-state index contributed by atoms with van der Waals surface area (Å²) in [6.07, 6.45) is 0. The van der Waals surface area contributed by atoms with Crippen molar-refractivity contribution >= 4 is 65.3 Å². The molecule has 170 valence electrons. The zero-order valence-electron chi connectivity index (χ0n) is 19.5. The van der Waals surface area contributed by atoms with Crippen LogP contribution in [0.15, 0.2) is 138 Å². The summed E-state index contributed by atoms with van der Waals surface area (Å²) in [5.74, 6) is 0. The van der Waals surface area contributed by atoms with Gasteiger partial charge >= 0.3 is 0 Å². The Morgan fingerprint density at radius 2 is 0.861 bits per heavy atom. The fraction of sp³-hybridized carbons (Fsp3) is 0. The van der Waals surface area contributed by atoms with E-state index in [1.54, 1.807) is 0 Å². The summed E-state index contributed by atoms with van der Waals surface area (Å²) in [6.45, 7) is 0. The quantitative estimate of drug-likeness (QED) is 0.207. The van der Waals surface area contributed by atoms with Crippen molar-refractivity contribution in [2.75, 3.05) is 4.90 Å². The Kier molecular flexibility index (Phi) is 5.00. The van der Waals surface area contributed by atoms with Crippen LogP contribution in [0, 0.1) is 0 Å². The van der Waals surface area contributed by atoms with Gasteiger partial charge in [0, 0.05) is 21.5 Å². The minimum Gasteiger partial charge on any atom is -0.310 e. The molecule has 0 saturated carbocycles. The molecule has 0 aliphatic rings. The first-order valence-corrected chi connectivity index (χ1v) is 12.9. The first-order chi connectivity index (χ1) is 17.7. The molecular weight excluding hydrogens is 502 g/mol. The Balaban J connectivity index is 1.45. The average Bonchev–Trinajstić information content (AvgIpc) is 2.94. The van der Waals surface area contributed by atoms with Gasteiger partial charge in [-0.1, -0.05) is 88.7 Å². The molecule has 0 aliphatic heterocycles. The lowest BCUT2D eigenvalue weighted by atomic mass is 9.91. The number of halogens is 1. The van der Waals surface area contributed by atoms with Gasteiger partial charge in [0.2, 0.25) is 0 Å². The van der Waals surface area contributed by atoms with Gasteiger partial charge in [-0.2, -0.15) is 0 Å². The summed E-state index contributed by atoms with van der Waals surface area (Å²) in [5, 5.41) is 7.75. The Hall–Kier alpha value is -4.14. The molecule has 0 saturated heterocycles. The molecule has 0 bridgehead atoms. The van der Waals surface area contributed by atoms with Crippen molar-refractivity contribution in [2.24, 2.45) is 0 Å². The highest BCUT2D eigenvalue weighted by Crippen LogP contribution is 2.42. The van der Waals surface area contributed by atoms with Gasteiger partial charge in [0.15, 0.2) is 0 Å². The SMILES string of the molecule is Brc1ccc(N(c2ccccc2)c2cc3ccc4cc(-c5ccccc5)cc5ccc(c2)c3c45)cc1. The molecule has 0 N–H and O–H groups in total. The van der Waals surface area contributed by atoms with Crippen molar-refractivity contribution in [3.63, 3.8) is 0 Å². The molecule has 7 aromatic rings. The smallest absolute Gasteiger partial charge is 0.0473 e. The van der Waals surface area contributed by atoms with Gasteiger partial charge in [0.1, 0.15) is 0 Å². The van der Waals surface area contributed by atoms with Crippen molar-refractivity contribution in [2.45, 2.75) is 0 Å². The van der Waals surface area contributed by atoms with Crippen LogP contribution in [-0.2, 0) is 0 Å². The van der Waals surface area contributed by atoms with Crippen LogP contribution in [0.2, 0.25) is 0 Å². The van der Waals surface area contributed by atoms with Crippen LogP contribution in [0.5, 0.6) is 0 Å². The Labute approximate surface area is 218 Å². The maximum absolute atomic E-state index is 3.58.